The van der Waals surface area contributed by atoms with Gasteiger partial charge in [-0.2, -0.15) is 0 Å². The van der Waals surface area contributed by atoms with E-state index in [-0.39, 0.29) is 23.2 Å². The molecule has 0 saturated carbocycles. The van der Waals surface area contributed by atoms with Gasteiger partial charge in [0.1, 0.15) is 11.5 Å². The summed E-state index contributed by atoms with van der Waals surface area (Å²) in [5.74, 6) is -2.25. The van der Waals surface area contributed by atoms with E-state index in [0.717, 1.165) is 0 Å². The number of halogens is 2. The molecule has 1 aromatic carbocycles. The number of hydrogen-bond donors (Lipinski definition) is 2. The molecule has 2 N–H and O–H groups in total. The maximum absolute atomic E-state index is 13.3. The van der Waals surface area contributed by atoms with Crippen molar-refractivity contribution < 1.29 is 19.1 Å². The number of fused-ring (bicyclic) bond motifs is 1. The van der Waals surface area contributed by atoms with Crippen molar-refractivity contribution in [2.24, 2.45) is 5.92 Å². The predicted molar refractivity (Wildman–Crippen MR) is 79.5 cm³/mol. The summed E-state index contributed by atoms with van der Waals surface area (Å²) >= 11 is 6.18. The van der Waals surface area contributed by atoms with Gasteiger partial charge in [-0.15, -0.1) is 0 Å². The van der Waals surface area contributed by atoms with Crippen LogP contribution in [-0.2, 0) is 4.79 Å². The summed E-state index contributed by atoms with van der Waals surface area (Å²) in [7, 11) is 0. The lowest BCUT2D eigenvalue weighted by Crippen LogP contribution is -2.42. The summed E-state index contributed by atoms with van der Waals surface area (Å²) in [6, 6.07) is 4.07. The molecule has 116 valence electrons. The number of piperidine rings is 1. The molecule has 1 aliphatic heterocycles. The second-order valence-electron chi connectivity index (χ2n) is 5.43. The van der Waals surface area contributed by atoms with Gasteiger partial charge in [-0.25, -0.2) is 4.39 Å². The average Bonchev–Trinajstić information content (AvgIpc) is 2.83. The van der Waals surface area contributed by atoms with Crippen molar-refractivity contribution in [3.8, 4) is 0 Å². The Labute approximate surface area is 130 Å². The molecule has 1 atom stereocenters. The zero-order valence-electron chi connectivity index (χ0n) is 11.6. The van der Waals surface area contributed by atoms with Crippen molar-refractivity contribution in [1.29, 1.82) is 0 Å². The largest absolute Gasteiger partial charge is 0.481 e. The molecule has 1 saturated heterocycles. The number of nitrogens with zero attached hydrogens (tertiary/aromatic N) is 1. The second-order valence-corrected chi connectivity index (χ2v) is 5.81. The first-order valence-electron chi connectivity index (χ1n) is 6.96. The van der Waals surface area contributed by atoms with E-state index in [0.29, 0.717) is 30.3 Å². The first-order valence-corrected chi connectivity index (χ1v) is 7.34. The van der Waals surface area contributed by atoms with Crippen molar-refractivity contribution in [2.75, 3.05) is 13.1 Å². The van der Waals surface area contributed by atoms with Crippen LogP contribution in [0.3, 0.4) is 0 Å². The Hall–Kier alpha value is -2.08. The van der Waals surface area contributed by atoms with Crippen LogP contribution in [0.15, 0.2) is 18.2 Å². The quantitative estimate of drug-likeness (QED) is 0.892. The van der Waals surface area contributed by atoms with Gasteiger partial charge >= 0.3 is 5.97 Å². The number of hydrogen-bond acceptors (Lipinski definition) is 2. The van der Waals surface area contributed by atoms with E-state index in [9.17, 15) is 14.0 Å². The van der Waals surface area contributed by atoms with Gasteiger partial charge < -0.3 is 15.0 Å². The highest BCUT2D eigenvalue weighted by molar-refractivity contribution is 6.38. The second kappa shape index (κ2) is 5.61. The number of H-pyrrole nitrogens is 1. The Balaban J connectivity index is 1.92. The zero-order valence-corrected chi connectivity index (χ0v) is 12.4. The predicted octanol–water partition coefficient (Wildman–Crippen LogP) is 2.90. The number of carbonyl (C=O) groups is 2. The Morgan fingerprint density at radius 2 is 2.18 bits per heavy atom. The number of amides is 1. The van der Waals surface area contributed by atoms with Crippen molar-refractivity contribution >= 4 is 34.4 Å². The van der Waals surface area contributed by atoms with Gasteiger partial charge in [0.05, 0.1) is 10.9 Å². The van der Waals surface area contributed by atoms with Crippen LogP contribution >= 0.6 is 11.6 Å². The molecular weight excluding hydrogens is 311 g/mol. The average molecular weight is 325 g/mol. The molecule has 1 amide bonds. The lowest BCUT2D eigenvalue weighted by molar-refractivity contribution is -0.143. The maximum Gasteiger partial charge on any atom is 0.308 e. The number of rotatable bonds is 2. The lowest BCUT2D eigenvalue weighted by atomic mass is 9.98. The summed E-state index contributed by atoms with van der Waals surface area (Å²) in [5.41, 5.74) is 0.745. The fraction of sp³-hybridized carbons (Fsp3) is 0.333. The van der Waals surface area contributed by atoms with E-state index >= 15 is 0 Å². The maximum atomic E-state index is 13.3. The summed E-state index contributed by atoms with van der Waals surface area (Å²) in [5, 5.41) is 9.70. The number of carbonyl (C=O) groups excluding carboxylic acids is 1. The summed E-state index contributed by atoms with van der Waals surface area (Å²) in [6.07, 6.45) is 1.19. The molecule has 3 rings (SSSR count). The van der Waals surface area contributed by atoms with Gasteiger partial charge in [0.2, 0.25) is 0 Å². The number of aliphatic carboxylic acids is 1. The van der Waals surface area contributed by atoms with Crippen LogP contribution < -0.4 is 0 Å². The molecule has 0 spiro atoms. The number of likely N-dealkylation sites (tertiary alicyclic amines) is 1. The molecule has 0 aliphatic carbocycles. The van der Waals surface area contributed by atoms with Gasteiger partial charge in [0.15, 0.2) is 0 Å². The topological polar surface area (TPSA) is 73.4 Å². The summed E-state index contributed by atoms with van der Waals surface area (Å²) in [6.45, 7) is 0.650. The van der Waals surface area contributed by atoms with Crippen LogP contribution in [0.2, 0.25) is 5.02 Å². The van der Waals surface area contributed by atoms with Crippen LogP contribution in [0.25, 0.3) is 10.9 Å². The minimum absolute atomic E-state index is 0.161. The Kier molecular flexibility index (Phi) is 3.78. The zero-order chi connectivity index (χ0) is 15.9. The third kappa shape index (κ3) is 2.54. The molecule has 5 nitrogen and oxygen atoms in total. The number of aromatic nitrogens is 1. The van der Waals surface area contributed by atoms with Crippen LogP contribution in [0.1, 0.15) is 23.3 Å². The highest BCUT2D eigenvalue weighted by Crippen LogP contribution is 2.30. The number of benzene rings is 1. The number of carboxylic acid groups (broad SMARTS) is 1. The first-order chi connectivity index (χ1) is 10.5. The molecule has 1 fully saturated rings. The van der Waals surface area contributed by atoms with E-state index in [1.807, 2.05) is 0 Å². The standard InChI is InChI=1S/C15H14ClFN2O3/c16-12-10-6-9(17)3-4-11(10)18-13(12)14(20)19-5-1-2-8(7-19)15(21)22/h3-4,6,8,18H,1-2,5,7H2,(H,21,22). The number of carboxylic acids is 1. The minimum Gasteiger partial charge on any atom is -0.481 e. The molecule has 2 heterocycles. The van der Waals surface area contributed by atoms with E-state index in [1.165, 1.54) is 23.1 Å². The highest BCUT2D eigenvalue weighted by Gasteiger charge is 2.30. The molecule has 22 heavy (non-hydrogen) atoms. The fourth-order valence-corrected chi connectivity index (χ4v) is 3.08. The molecule has 1 unspecified atom stereocenters. The molecule has 7 heteroatoms. The molecular formula is C15H14ClFN2O3. The Bertz CT molecular complexity index is 759. The van der Waals surface area contributed by atoms with E-state index < -0.39 is 17.7 Å². The summed E-state index contributed by atoms with van der Waals surface area (Å²) in [4.78, 5) is 28.0. The third-order valence-corrected chi connectivity index (χ3v) is 4.36. The SMILES string of the molecule is O=C(O)C1CCCN(C(=O)c2[nH]c3ccc(F)cc3c2Cl)C1. The lowest BCUT2D eigenvalue weighted by Gasteiger charge is -2.30. The monoisotopic (exact) mass is 324 g/mol. The fourth-order valence-electron chi connectivity index (χ4n) is 2.80. The van der Waals surface area contributed by atoms with Crippen molar-refractivity contribution in [3.05, 3.63) is 34.7 Å². The van der Waals surface area contributed by atoms with Crippen LogP contribution in [0.4, 0.5) is 4.39 Å². The highest BCUT2D eigenvalue weighted by atomic mass is 35.5. The van der Waals surface area contributed by atoms with Gasteiger partial charge in [-0.05, 0) is 31.0 Å². The molecule has 2 aromatic rings. The third-order valence-electron chi connectivity index (χ3n) is 3.97. The van der Waals surface area contributed by atoms with Gasteiger partial charge in [0, 0.05) is 24.0 Å². The Morgan fingerprint density at radius 3 is 2.91 bits per heavy atom. The van der Waals surface area contributed by atoms with Crippen LogP contribution in [0.5, 0.6) is 0 Å². The Morgan fingerprint density at radius 1 is 1.41 bits per heavy atom. The smallest absolute Gasteiger partial charge is 0.308 e. The summed E-state index contributed by atoms with van der Waals surface area (Å²) < 4.78 is 13.3. The first kappa shape index (κ1) is 14.8. The molecule has 1 aromatic heterocycles. The van der Waals surface area contributed by atoms with Crippen LogP contribution in [-0.4, -0.2) is 40.0 Å². The number of nitrogens with one attached hydrogen (secondary N) is 1. The van der Waals surface area contributed by atoms with E-state index in [2.05, 4.69) is 4.98 Å². The van der Waals surface area contributed by atoms with Gasteiger partial charge in [-0.3, -0.25) is 9.59 Å². The number of aromatic amines is 1. The van der Waals surface area contributed by atoms with Crippen molar-refractivity contribution in [1.82, 2.24) is 9.88 Å². The van der Waals surface area contributed by atoms with Crippen molar-refractivity contribution in [3.63, 3.8) is 0 Å². The van der Waals surface area contributed by atoms with E-state index in [1.54, 1.807) is 0 Å². The minimum atomic E-state index is -0.901. The van der Waals surface area contributed by atoms with Crippen LogP contribution in [0, 0.1) is 11.7 Å². The molecule has 0 radical (unpaired) electrons. The van der Waals surface area contributed by atoms with Gasteiger partial charge in [0.25, 0.3) is 5.91 Å². The normalized spacial score (nSPS) is 18.6. The van der Waals surface area contributed by atoms with E-state index in [4.69, 9.17) is 16.7 Å². The molecule has 1 aliphatic rings. The van der Waals surface area contributed by atoms with Gasteiger partial charge in [-0.1, -0.05) is 11.6 Å². The molecule has 0 bridgehead atoms. The van der Waals surface area contributed by atoms with Crippen molar-refractivity contribution in [2.45, 2.75) is 12.8 Å².